The second kappa shape index (κ2) is 9.74. The Hall–Kier alpha value is -1.60. The van der Waals surface area contributed by atoms with Crippen LogP contribution in [0.25, 0.3) is 0 Å². The summed E-state index contributed by atoms with van der Waals surface area (Å²) in [5.41, 5.74) is 2.41. The van der Waals surface area contributed by atoms with E-state index < -0.39 is 10.0 Å². The van der Waals surface area contributed by atoms with Gasteiger partial charge in [-0.15, -0.1) is 0 Å². The molecular formula is C21H35N3O3S. The average molecular weight is 410 g/mol. The van der Waals surface area contributed by atoms with Crippen molar-refractivity contribution < 1.29 is 13.2 Å². The Balaban J connectivity index is 1.92. The zero-order valence-electron chi connectivity index (χ0n) is 17.7. The van der Waals surface area contributed by atoms with E-state index >= 15 is 0 Å². The summed E-state index contributed by atoms with van der Waals surface area (Å²) in [6.45, 7) is 9.51. The van der Waals surface area contributed by atoms with Crippen molar-refractivity contribution in [2.75, 3.05) is 19.3 Å². The summed E-state index contributed by atoms with van der Waals surface area (Å²) in [4.78, 5) is 12.5. The maximum atomic E-state index is 12.5. The van der Waals surface area contributed by atoms with Crippen LogP contribution in [0.1, 0.15) is 57.7 Å². The van der Waals surface area contributed by atoms with Gasteiger partial charge in [0.25, 0.3) is 0 Å². The number of nitrogens with one attached hydrogen (secondary N) is 2. The van der Waals surface area contributed by atoms with Crippen molar-refractivity contribution in [3.05, 3.63) is 35.4 Å². The molecule has 2 rings (SSSR count). The Kier molecular flexibility index (Phi) is 7.89. The molecule has 28 heavy (non-hydrogen) atoms. The minimum atomic E-state index is -3.15. The van der Waals surface area contributed by atoms with Gasteiger partial charge in [0.1, 0.15) is 0 Å². The topological polar surface area (TPSA) is 78.5 Å². The fraction of sp³-hybridized carbons (Fsp3) is 0.667. The van der Waals surface area contributed by atoms with E-state index in [0.29, 0.717) is 31.8 Å². The summed E-state index contributed by atoms with van der Waals surface area (Å²) in [6.07, 6.45) is 3.55. The minimum absolute atomic E-state index is 0.000713. The fourth-order valence-corrected chi connectivity index (χ4v) is 4.54. The van der Waals surface area contributed by atoms with Crippen molar-refractivity contribution >= 4 is 16.1 Å². The molecule has 2 amide bonds. The number of benzene rings is 1. The molecule has 1 saturated heterocycles. The lowest BCUT2D eigenvalue weighted by atomic mass is 9.94. The van der Waals surface area contributed by atoms with Crippen LogP contribution in [0.3, 0.4) is 0 Å². The Morgan fingerprint density at radius 2 is 1.68 bits per heavy atom. The third-order valence-corrected chi connectivity index (χ3v) is 6.50. The van der Waals surface area contributed by atoms with E-state index in [2.05, 4.69) is 62.6 Å². The molecular weight excluding hydrogens is 374 g/mol. The number of sulfonamides is 1. The zero-order valence-corrected chi connectivity index (χ0v) is 18.6. The van der Waals surface area contributed by atoms with E-state index in [1.807, 2.05) is 0 Å². The molecule has 1 aliphatic rings. The fourth-order valence-electron chi connectivity index (χ4n) is 3.67. The Labute approximate surface area is 170 Å². The molecule has 0 aromatic heterocycles. The number of carbonyl (C=O) groups is 1. The normalized spacial score (nSPS) is 17.7. The molecule has 0 radical (unpaired) electrons. The van der Waals surface area contributed by atoms with Crippen molar-refractivity contribution in [1.29, 1.82) is 0 Å². The Morgan fingerprint density at radius 1 is 1.11 bits per heavy atom. The van der Waals surface area contributed by atoms with Crippen molar-refractivity contribution in [2.24, 2.45) is 11.8 Å². The number of carbonyl (C=O) groups excluding carboxylic acids is 1. The number of urea groups is 1. The first-order valence-electron chi connectivity index (χ1n) is 10.2. The molecule has 0 aliphatic carbocycles. The predicted molar refractivity (Wildman–Crippen MR) is 114 cm³/mol. The lowest BCUT2D eigenvalue weighted by Gasteiger charge is -2.31. The molecule has 158 valence electrons. The van der Waals surface area contributed by atoms with Gasteiger partial charge >= 0.3 is 6.03 Å². The van der Waals surface area contributed by atoms with E-state index in [4.69, 9.17) is 0 Å². The van der Waals surface area contributed by atoms with E-state index in [9.17, 15) is 13.2 Å². The summed E-state index contributed by atoms with van der Waals surface area (Å²) in [5.74, 6) is 0.874. The summed E-state index contributed by atoms with van der Waals surface area (Å²) in [6, 6.07) is 8.24. The average Bonchev–Trinajstić information content (AvgIpc) is 2.59. The van der Waals surface area contributed by atoms with Crippen molar-refractivity contribution in [1.82, 2.24) is 14.9 Å². The molecule has 1 aromatic rings. The number of nitrogens with zero attached hydrogens (tertiary/aromatic N) is 1. The highest BCUT2D eigenvalue weighted by molar-refractivity contribution is 7.88. The number of rotatable bonds is 7. The number of amides is 2. The van der Waals surface area contributed by atoms with Crippen LogP contribution < -0.4 is 10.6 Å². The Bertz CT molecular complexity index is 737. The van der Waals surface area contributed by atoms with Crippen molar-refractivity contribution in [3.8, 4) is 0 Å². The molecule has 0 saturated carbocycles. The molecule has 1 fully saturated rings. The van der Waals surface area contributed by atoms with E-state index in [0.717, 1.165) is 12.0 Å². The molecule has 7 heteroatoms. The van der Waals surface area contributed by atoms with Crippen LogP contribution in [0.2, 0.25) is 0 Å². The highest BCUT2D eigenvalue weighted by atomic mass is 32.2. The van der Waals surface area contributed by atoms with Gasteiger partial charge in [0.15, 0.2) is 0 Å². The molecule has 0 bridgehead atoms. The molecule has 1 aliphatic heterocycles. The van der Waals surface area contributed by atoms with Crippen LogP contribution in [-0.2, 0) is 16.4 Å². The van der Waals surface area contributed by atoms with Crippen LogP contribution in [0, 0.1) is 11.8 Å². The Morgan fingerprint density at radius 3 is 2.14 bits per heavy atom. The molecule has 1 atom stereocenters. The number of hydrogen-bond acceptors (Lipinski definition) is 3. The molecule has 6 nitrogen and oxygen atoms in total. The second-order valence-corrected chi connectivity index (χ2v) is 10.6. The van der Waals surface area contributed by atoms with Gasteiger partial charge in [-0.1, -0.05) is 52.0 Å². The molecule has 1 aromatic carbocycles. The maximum Gasteiger partial charge on any atom is 0.315 e. The number of piperidine rings is 1. The third-order valence-electron chi connectivity index (χ3n) is 5.19. The third kappa shape index (κ3) is 6.78. The van der Waals surface area contributed by atoms with Gasteiger partial charge in [0, 0.05) is 19.1 Å². The van der Waals surface area contributed by atoms with Gasteiger partial charge < -0.3 is 10.6 Å². The first-order valence-corrected chi connectivity index (χ1v) is 12.0. The first kappa shape index (κ1) is 22.7. The summed E-state index contributed by atoms with van der Waals surface area (Å²) in [7, 11) is -3.15. The second-order valence-electron chi connectivity index (χ2n) is 8.62. The highest BCUT2D eigenvalue weighted by Gasteiger charge is 2.26. The van der Waals surface area contributed by atoms with Crippen LogP contribution in [0.15, 0.2) is 24.3 Å². The maximum absolute atomic E-state index is 12.5. The summed E-state index contributed by atoms with van der Waals surface area (Å²) >= 11 is 0. The van der Waals surface area contributed by atoms with Crippen molar-refractivity contribution in [3.63, 3.8) is 0 Å². The number of hydrogen-bond donors (Lipinski definition) is 2. The van der Waals surface area contributed by atoms with Crippen LogP contribution in [-0.4, -0.2) is 44.1 Å². The zero-order chi connectivity index (χ0) is 20.9. The van der Waals surface area contributed by atoms with Gasteiger partial charge in [-0.3, -0.25) is 0 Å². The van der Waals surface area contributed by atoms with E-state index in [1.54, 1.807) is 0 Å². The predicted octanol–water partition coefficient (Wildman–Crippen LogP) is 3.31. The van der Waals surface area contributed by atoms with E-state index in [-0.39, 0.29) is 24.0 Å². The minimum Gasteiger partial charge on any atom is -0.335 e. The van der Waals surface area contributed by atoms with Gasteiger partial charge in [0.2, 0.25) is 10.0 Å². The van der Waals surface area contributed by atoms with Crippen LogP contribution >= 0.6 is 0 Å². The first-order chi connectivity index (χ1) is 13.1. The highest BCUT2D eigenvalue weighted by Crippen LogP contribution is 2.23. The largest absolute Gasteiger partial charge is 0.335 e. The van der Waals surface area contributed by atoms with Gasteiger partial charge in [-0.25, -0.2) is 17.5 Å². The van der Waals surface area contributed by atoms with Crippen LogP contribution in [0.5, 0.6) is 0 Å². The monoisotopic (exact) mass is 409 g/mol. The standard InChI is InChI=1S/C21H35N3O3S/c1-15(2)14-17-6-8-18(9-7-17)20(16(3)4)23-21(25)22-19-10-12-24(13-11-19)28(5,26)27/h6-9,15-16,19-20H,10-14H2,1-5H3,(H2,22,23,25). The van der Waals surface area contributed by atoms with Gasteiger partial charge in [0.05, 0.1) is 12.3 Å². The molecule has 0 spiro atoms. The quantitative estimate of drug-likeness (QED) is 0.725. The lowest BCUT2D eigenvalue weighted by molar-refractivity contribution is 0.220. The van der Waals surface area contributed by atoms with Crippen molar-refractivity contribution in [2.45, 2.75) is 59.0 Å². The lowest BCUT2D eigenvalue weighted by Crippen LogP contribution is -2.49. The SMILES string of the molecule is CC(C)Cc1ccc(C(NC(=O)NC2CCN(S(C)(=O)=O)CC2)C(C)C)cc1. The summed E-state index contributed by atoms with van der Waals surface area (Å²) in [5, 5.41) is 6.11. The van der Waals surface area contributed by atoms with Crippen LogP contribution in [0.4, 0.5) is 4.79 Å². The summed E-state index contributed by atoms with van der Waals surface area (Å²) < 4.78 is 24.7. The van der Waals surface area contributed by atoms with Gasteiger partial charge in [-0.2, -0.15) is 0 Å². The molecule has 1 unspecified atom stereocenters. The van der Waals surface area contributed by atoms with E-state index in [1.165, 1.54) is 16.1 Å². The molecule has 2 N–H and O–H groups in total. The van der Waals surface area contributed by atoms with Gasteiger partial charge in [-0.05, 0) is 42.2 Å². The smallest absolute Gasteiger partial charge is 0.315 e. The molecule has 1 heterocycles.